The van der Waals surface area contributed by atoms with E-state index in [1.165, 1.54) is 6.20 Å². The number of thioether (sulfide) groups is 1. The van der Waals surface area contributed by atoms with Crippen LogP contribution in [0.1, 0.15) is 18.5 Å². The van der Waals surface area contributed by atoms with Crippen molar-refractivity contribution in [3.8, 4) is 5.69 Å². The average Bonchev–Trinajstić information content (AvgIpc) is 3.17. The zero-order valence-corrected chi connectivity index (χ0v) is 18.6. The first-order chi connectivity index (χ1) is 14.9. The van der Waals surface area contributed by atoms with Gasteiger partial charge in [-0.1, -0.05) is 59.2 Å². The van der Waals surface area contributed by atoms with E-state index in [1.807, 2.05) is 37.3 Å². The highest BCUT2D eigenvalue weighted by atomic mass is 35.5. The molecular weight excluding hydrogens is 457 g/mol. The zero-order chi connectivity index (χ0) is 22.0. The molecule has 4 aromatic rings. The molecule has 158 valence electrons. The van der Waals surface area contributed by atoms with Gasteiger partial charge in [0.2, 0.25) is 5.91 Å². The number of nitrogens with one attached hydrogen (secondary N) is 2. The molecule has 0 saturated carbocycles. The van der Waals surface area contributed by atoms with Crippen molar-refractivity contribution in [2.24, 2.45) is 0 Å². The van der Waals surface area contributed by atoms with Crippen molar-refractivity contribution in [1.82, 2.24) is 25.1 Å². The van der Waals surface area contributed by atoms with E-state index < -0.39 is 0 Å². The van der Waals surface area contributed by atoms with Gasteiger partial charge in [-0.25, -0.2) is 9.67 Å². The van der Waals surface area contributed by atoms with E-state index in [1.54, 1.807) is 22.9 Å². The monoisotopic (exact) mass is 473 g/mol. The zero-order valence-electron chi connectivity index (χ0n) is 16.3. The van der Waals surface area contributed by atoms with Gasteiger partial charge in [-0.15, -0.1) is 0 Å². The molecule has 0 spiro atoms. The summed E-state index contributed by atoms with van der Waals surface area (Å²) in [7, 11) is 0. The second kappa shape index (κ2) is 9.13. The molecule has 0 aliphatic heterocycles. The number of aromatic nitrogens is 4. The lowest BCUT2D eigenvalue weighted by Gasteiger charge is -2.15. The van der Waals surface area contributed by atoms with E-state index in [0.717, 1.165) is 23.0 Å². The molecule has 7 nitrogen and oxygen atoms in total. The number of carbonyl (C=O) groups is 1. The normalized spacial score (nSPS) is 12.1. The summed E-state index contributed by atoms with van der Waals surface area (Å²) >= 11 is 13.3. The molecule has 1 amide bonds. The number of nitrogens with zero attached hydrogens (tertiary/aromatic N) is 3. The van der Waals surface area contributed by atoms with Crippen LogP contribution in [0.4, 0.5) is 0 Å². The SMILES string of the molecule is CC(NC(=O)CSc1nc2c(cnn2-c2ccccc2)c(=O)[nH]1)c1ccc(Cl)cc1Cl. The minimum atomic E-state index is -0.309. The molecule has 2 aromatic heterocycles. The van der Waals surface area contributed by atoms with Crippen molar-refractivity contribution in [3.05, 3.63) is 80.7 Å². The summed E-state index contributed by atoms with van der Waals surface area (Å²) in [6.45, 7) is 1.84. The number of carbonyl (C=O) groups excluding carboxylic acids is 1. The van der Waals surface area contributed by atoms with Gasteiger partial charge in [0, 0.05) is 10.0 Å². The summed E-state index contributed by atoms with van der Waals surface area (Å²) in [5.74, 6) is -0.147. The number of aromatic amines is 1. The molecule has 10 heteroatoms. The van der Waals surface area contributed by atoms with Gasteiger partial charge in [0.25, 0.3) is 5.56 Å². The maximum Gasteiger partial charge on any atom is 0.262 e. The van der Waals surface area contributed by atoms with Crippen LogP contribution >= 0.6 is 35.0 Å². The third-order valence-electron chi connectivity index (χ3n) is 4.56. The van der Waals surface area contributed by atoms with Gasteiger partial charge >= 0.3 is 0 Å². The molecule has 0 bridgehead atoms. The summed E-state index contributed by atoms with van der Waals surface area (Å²) in [5.41, 5.74) is 1.68. The number of fused-ring (bicyclic) bond motifs is 1. The largest absolute Gasteiger partial charge is 0.349 e. The topological polar surface area (TPSA) is 92.7 Å². The lowest BCUT2D eigenvalue weighted by atomic mass is 10.1. The molecule has 4 rings (SSSR count). The van der Waals surface area contributed by atoms with Gasteiger partial charge in [-0.2, -0.15) is 5.10 Å². The third kappa shape index (κ3) is 4.76. The Morgan fingerprint density at radius 2 is 2.00 bits per heavy atom. The summed E-state index contributed by atoms with van der Waals surface area (Å²) < 4.78 is 1.60. The van der Waals surface area contributed by atoms with E-state index in [2.05, 4.69) is 20.4 Å². The van der Waals surface area contributed by atoms with Crippen LogP contribution in [0.3, 0.4) is 0 Å². The van der Waals surface area contributed by atoms with Crippen molar-refractivity contribution in [1.29, 1.82) is 0 Å². The van der Waals surface area contributed by atoms with Crippen LogP contribution in [0.25, 0.3) is 16.7 Å². The van der Waals surface area contributed by atoms with E-state index in [4.69, 9.17) is 23.2 Å². The van der Waals surface area contributed by atoms with E-state index in [-0.39, 0.29) is 23.3 Å². The first-order valence-corrected chi connectivity index (χ1v) is 11.1. The fourth-order valence-corrected chi connectivity index (χ4v) is 4.31. The second-order valence-electron chi connectivity index (χ2n) is 6.74. The molecule has 1 atom stereocenters. The quantitative estimate of drug-likeness (QED) is 0.320. The summed E-state index contributed by atoms with van der Waals surface area (Å²) in [6, 6.07) is 14.2. The Hall–Kier alpha value is -2.81. The van der Waals surface area contributed by atoms with Crippen molar-refractivity contribution in [3.63, 3.8) is 0 Å². The van der Waals surface area contributed by atoms with Crippen molar-refractivity contribution in [2.75, 3.05) is 5.75 Å². The fraction of sp³-hybridized carbons (Fsp3) is 0.143. The summed E-state index contributed by atoms with van der Waals surface area (Å²) in [6.07, 6.45) is 1.48. The molecule has 2 N–H and O–H groups in total. The van der Waals surface area contributed by atoms with Gasteiger partial charge < -0.3 is 10.3 Å². The molecule has 0 radical (unpaired) electrons. The summed E-state index contributed by atoms with van der Waals surface area (Å²) in [4.78, 5) is 32.1. The predicted octanol–water partition coefficient (Wildman–Crippen LogP) is 4.39. The van der Waals surface area contributed by atoms with Crippen LogP contribution in [0.15, 0.2) is 64.7 Å². The third-order valence-corrected chi connectivity index (χ3v) is 6.00. The standard InChI is InChI=1S/C21H17Cl2N5O2S/c1-12(15-8-7-13(22)9-17(15)23)25-18(29)11-31-21-26-19-16(20(30)27-21)10-24-28(19)14-5-3-2-4-6-14/h2-10,12H,11H2,1H3,(H,25,29)(H,26,27,30). The Bertz CT molecular complexity index is 1310. The van der Waals surface area contributed by atoms with Gasteiger partial charge in [-0.3, -0.25) is 9.59 Å². The van der Waals surface area contributed by atoms with Crippen LogP contribution in [-0.4, -0.2) is 31.4 Å². The lowest BCUT2D eigenvalue weighted by molar-refractivity contribution is -0.119. The lowest BCUT2D eigenvalue weighted by Crippen LogP contribution is -2.28. The highest BCUT2D eigenvalue weighted by Gasteiger charge is 2.15. The number of amides is 1. The van der Waals surface area contributed by atoms with Gasteiger partial charge in [0.15, 0.2) is 10.8 Å². The predicted molar refractivity (Wildman–Crippen MR) is 123 cm³/mol. The number of benzene rings is 2. The second-order valence-corrected chi connectivity index (χ2v) is 8.55. The van der Waals surface area contributed by atoms with Crippen LogP contribution < -0.4 is 10.9 Å². The van der Waals surface area contributed by atoms with Crippen LogP contribution in [0.2, 0.25) is 10.0 Å². The Labute approximate surface area is 191 Å². The van der Waals surface area contributed by atoms with Crippen molar-refractivity contribution in [2.45, 2.75) is 18.1 Å². The number of para-hydroxylation sites is 1. The smallest absolute Gasteiger partial charge is 0.262 e. The van der Waals surface area contributed by atoms with Crippen molar-refractivity contribution < 1.29 is 4.79 Å². The van der Waals surface area contributed by atoms with E-state index in [0.29, 0.717) is 26.2 Å². The van der Waals surface area contributed by atoms with Crippen molar-refractivity contribution >= 4 is 51.9 Å². The molecule has 0 aliphatic rings. The first kappa shape index (κ1) is 21.4. The van der Waals surface area contributed by atoms with Crippen LogP contribution in [-0.2, 0) is 4.79 Å². The van der Waals surface area contributed by atoms with Gasteiger partial charge in [0.1, 0.15) is 5.39 Å². The number of rotatable bonds is 6. The average molecular weight is 474 g/mol. The number of H-pyrrole nitrogens is 1. The fourth-order valence-electron chi connectivity index (χ4n) is 3.07. The summed E-state index contributed by atoms with van der Waals surface area (Å²) in [5, 5.41) is 8.89. The Balaban J connectivity index is 1.48. The van der Waals surface area contributed by atoms with E-state index >= 15 is 0 Å². The number of hydrogen-bond donors (Lipinski definition) is 2. The molecule has 1 unspecified atom stereocenters. The minimum Gasteiger partial charge on any atom is -0.349 e. The molecule has 31 heavy (non-hydrogen) atoms. The van der Waals surface area contributed by atoms with Gasteiger partial charge in [-0.05, 0) is 36.8 Å². The Morgan fingerprint density at radius 3 is 2.74 bits per heavy atom. The number of halogens is 2. The van der Waals surface area contributed by atoms with E-state index in [9.17, 15) is 9.59 Å². The number of hydrogen-bond acceptors (Lipinski definition) is 5. The highest BCUT2D eigenvalue weighted by Crippen LogP contribution is 2.26. The molecular formula is C21H17Cl2N5O2S. The van der Waals surface area contributed by atoms with Crippen LogP contribution in [0.5, 0.6) is 0 Å². The Morgan fingerprint density at radius 1 is 1.23 bits per heavy atom. The minimum absolute atomic E-state index is 0.0729. The first-order valence-electron chi connectivity index (χ1n) is 9.33. The molecule has 2 aromatic carbocycles. The maximum atomic E-state index is 12.4. The highest BCUT2D eigenvalue weighted by molar-refractivity contribution is 7.99. The van der Waals surface area contributed by atoms with Gasteiger partial charge in [0.05, 0.1) is 23.7 Å². The maximum absolute atomic E-state index is 12.4. The molecule has 0 saturated heterocycles. The molecule has 0 aliphatic carbocycles. The molecule has 0 fully saturated rings. The van der Waals surface area contributed by atoms with Crippen LogP contribution in [0, 0.1) is 0 Å². The molecule has 2 heterocycles. The Kier molecular flexibility index (Phi) is 6.31.